The van der Waals surface area contributed by atoms with Gasteiger partial charge in [-0.05, 0) is 48.5 Å². The van der Waals surface area contributed by atoms with Crippen LogP contribution in [-0.4, -0.2) is 27.9 Å². The number of rotatable bonds is 5. The number of anilines is 2. The van der Waals surface area contributed by atoms with Crippen LogP contribution in [0.15, 0.2) is 82.6 Å². The van der Waals surface area contributed by atoms with Gasteiger partial charge in [-0.3, -0.25) is 4.79 Å². The topological polar surface area (TPSA) is 63.7 Å². The summed E-state index contributed by atoms with van der Waals surface area (Å²) in [4.78, 5) is 13.3. The van der Waals surface area contributed by atoms with Gasteiger partial charge in [-0.25, -0.2) is 8.42 Å². The first-order valence-electron chi connectivity index (χ1n) is 8.50. The summed E-state index contributed by atoms with van der Waals surface area (Å²) in [6.45, 7) is 0.849. The van der Waals surface area contributed by atoms with Crippen LogP contribution in [0, 0.1) is 0 Å². The Morgan fingerprint density at radius 3 is 1.93 bits per heavy atom. The van der Waals surface area contributed by atoms with Crippen molar-refractivity contribution in [3.05, 3.63) is 78.4 Å². The molecule has 6 heteroatoms. The molecule has 0 spiro atoms. The smallest absolute Gasteiger partial charge is 0.210 e. The quantitative estimate of drug-likeness (QED) is 0.630. The van der Waals surface area contributed by atoms with Crippen molar-refractivity contribution >= 4 is 27.5 Å². The van der Waals surface area contributed by atoms with Gasteiger partial charge in [0.1, 0.15) is 18.6 Å². The number of carbonyl (C=O) groups excluding carboxylic acids is 1. The second-order valence-corrected chi connectivity index (χ2v) is 8.01. The van der Waals surface area contributed by atoms with E-state index in [0.717, 1.165) is 6.29 Å². The molecule has 1 heterocycles. The summed E-state index contributed by atoms with van der Waals surface area (Å²) >= 11 is 0. The molecule has 0 saturated carbocycles. The van der Waals surface area contributed by atoms with Crippen LogP contribution in [0.25, 0.3) is 0 Å². The second kappa shape index (κ2) is 6.89. The molecule has 5 nitrogen and oxygen atoms in total. The van der Waals surface area contributed by atoms with Crippen LogP contribution in [0.3, 0.4) is 0 Å². The molecular formula is C21H17NO4S. The van der Waals surface area contributed by atoms with E-state index in [1.807, 2.05) is 29.2 Å². The van der Waals surface area contributed by atoms with Crippen molar-refractivity contribution in [2.24, 2.45) is 0 Å². The van der Waals surface area contributed by atoms with Gasteiger partial charge in [0.2, 0.25) is 9.84 Å². The maximum absolute atomic E-state index is 12.9. The molecule has 0 fully saturated rings. The summed E-state index contributed by atoms with van der Waals surface area (Å²) in [6.07, 6.45) is 0.784. The number of benzene rings is 3. The average Bonchev–Trinajstić information content (AvgIpc) is 2.71. The summed E-state index contributed by atoms with van der Waals surface area (Å²) in [5.41, 5.74) is 1.89. The maximum atomic E-state index is 12.9. The number of nitrogens with zero attached hydrogens (tertiary/aromatic N) is 1. The Labute approximate surface area is 157 Å². The van der Waals surface area contributed by atoms with Gasteiger partial charge in [0.15, 0.2) is 0 Å². The third-order valence-electron chi connectivity index (χ3n) is 4.49. The van der Waals surface area contributed by atoms with Crippen LogP contribution < -0.4 is 9.64 Å². The molecule has 1 aliphatic heterocycles. The summed E-state index contributed by atoms with van der Waals surface area (Å²) in [5, 5.41) is 0. The maximum Gasteiger partial charge on any atom is 0.210 e. The molecule has 0 atom stereocenters. The summed E-state index contributed by atoms with van der Waals surface area (Å²) in [5.74, 6) is 0.659. The molecule has 0 unspecified atom stereocenters. The Balaban J connectivity index is 1.62. The van der Waals surface area contributed by atoms with Crippen molar-refractivity contribution in [3.63, 3.8) is 0 Å². The van der Waals surface area contributed by atoms with Crippen molar-refractivity contribution < 1.29 is 17.9 Å². The van der Waals surface area contributed by atoms with Crippen LogP contribution >= 0.6 is 0 Å². The van der Waals surface area contributed by atoms with Crippen LogP contribution in [-0.2, 0) is 9.84 Å². The van der Waals surface area contributed by atoms with Gasteiger partial charge >= 0.3 is 0 Å². The molecule has 4 rings (SSSR count). The zero-order chi connectivity index (χ0) is 18.9. The first-order chi connectivity index (χ1) is 13.1. The highest BCUT2D eigenvalue weighted by Crippen LogP contribution is 2.43. The normalized spacial score (nSPS) is 14.1. The van der Waals surface area contributed by atoms with Crippen molar-refractivity contribution in [1.82, 2.24) is 0 Å². The zero-order valence-corrected chi connectivity index (χ0v) is 15.2. The first kappa shape index (κ1) is 17.3. The second-order valence-electron chi connectivity index (χ2n) is 6.13. The lowest BCUT2D eigenvalue weighted by Gasteiger charge is -2.32. The SMILES string of the molecule is O=Cc1ccc(OCCN2c3ccccc3S(=O)(=O)c3ccccc32)cc1. The third kappa shape index (κ3) is 3.08. The minimum Gasteiger partial charge on any atom is -0.492 e. The van der Waals surface area contributed by atoms with Gasteiger partial charge in [-0.1, -0.05) is 24.3 Å². The first-order valence-corrected chi connectivity index (χ1v) is 9.98. The van der Waals surface area contributed by atoms with Gasteiger partial charge in [0, 0.05) is 5.56 Å². The molecule has 3 aromatic carbocycles. The number of fused-ring (bicyclic) bond motifs is 2. The lowest BCUT2D eigenvalue weighted by Crippen LogP contribution is -2.29. The lowest BCUT2D eigenvalue weighted by molar-refractivity contribution is 0.112. The molecule has 0 N–H and O–H groups in total. The van der Waals surface area contributed by atoms with Gasteiger partial charge in [-0.2, -0.15) is 0 Å². The standard InChI is InChI=1S/C21H17NO4S/c23-15-16-9-11-17(12-10-16)26-14-13-22-18-5-1-3-7-20(18)27(24,25)21-8-4-2-6-19(21)22/h1-12,15H,13-14H2. The fourth-order valence-corrected chi connectivity index (χ4v) is 4.86. The van der Waals surface area contributed by atoms with E-state index in [-0.39, 0.29) is 0 Å². The number of hydrogen-bond donors (Lipinski definition) is 0. The van der Waals surface area contributed by atoms with Crippen LogP contribution in [0.1, 0.15) is 10.4 Å². The van der Waals surface area contributed by atoms with Crippen molar-refractivity contribution in [1.29, 1.82) is 0 Å². The number of ether oxygens (including phenoxy) is 1. The average molecular weight is 379 g/mol. The lowest BCUT2D eigenvalue weighted by atomic mass is 10.2. The van der Waals surface area contributed by atoms with E-state index in [1.54, 1.807) is 48.5 Å². The predicted octanol–water partition coefficient (Wildman–Crippen LogP) is 3.86. The van der Waals surface area contributed by atoms with Gasteiger partial charge in [-0.15, -0.1) is 0 Å². The van der Waals surface area contributed by atoms with E-state index in [9.17, 15) is 13.2 Å². The van der Waals surface area contributed by atoms with E-state index in [4.69, 9.17) is 4.74 Å². The highest BCUT2D eigenvalue weighted by Gasteiger charge is 2.33. The Bertz CT molecular complexity index is 1040. The Morgan fingerprint density at radius 1 is 0.815 bits per heavy atom. The van der Waals surface area contributed by atoms with Crippen molar-refractivity contribution in [2.75, 3.05) is 18.1 Å². The Hall–Kier alpha value is -3.12. The molecule has 136 valence electrons. The van der Waals surface area contributed by atoms with E-state index < -0.39 is 9.84 Å². The molecular weight excluding hydrogens is 362 g/mol. The molecule has 0 aromatic heterocycles. The fraction of sp³-hybridized carbons (Fsp3) is 0.0952. The number of carbonyl (C=O) groups is 1. The molecule has 1 aliphatic rings. The molecule has 0 saturated heterocycles. The van der Waals surface area contributed by atoms with E-state index in [0.29, 0.717) is 45.6 Å². The van der Waals surface area contributed by atoms with Crippen LogP contribution in [0.5, 0.6) is 5.75 Å². The minimum atomic E-state index is -3.53. The molecule has 27 heavy (non-hydrogen) atoms. The Kier molecular flexibility index (Phi) is 4.41. The number of aldehydes is 1. The highest BCUT2D eigenvalue weighted by atomic mass is 32.2. The monoisotopic (exact) mass is 379 g/mol. The Morgan fingerprint density at radius 2 is 1.37 bits per heavy atom. The summed E-state index contributed by atoms with van der Waals surface area (Å²) in [6, 6.07) is 20.9. The van der Waals surface area contributed by atoms with E-state index >= 15 is 0 Å². The minimum absolute atomic E-state index is 0.305. The molecule has 0 bridgehead atoms. The zero-order valence-electron chi connectivity index (χ0n) is 14.4. The van der Waals surface area contributed by atoms with Gasteiger partial charge < -0.3 is 9.64 Å². The van der Waals surface area contributed by atoms with E-state index in [2.05, 4.69) is 0 Å². The summed E-state index contributed by atoms with van der Waals surface area (Å²) in [7, 11) is -3.53. The van der Waals surface area contributed by atoms with Crippen molar-refractivity contribution in [3.8, 4) is 5.75 Å². The van der Waals surface area contributed by atoms with Crippen LogP contribution in [0.2, 0.25) is 0 Å². The fourth-order valence-electron chi connectivity index (χ4n) is 3.20. The molecule has 0 amide bonds. The molecule has 0 aliphatic carbocycles. The number of sulfone groups is 1. The largest absolute Gasteiger partial charge is 0.492 e. The van der Waals surface area contributed by atoms with Crippen molar-refractivity contribution in [2.45, 2.75) is 9.79 Å². The molecule has 3 aromatic rings. The van der Waals surface area contributed by atoms with Crippen LogP contribution in [0.4, 0.5) is 11.4 Å². The van der Waals surface area contributed by atoms with Gasteiger partial charge in [0.25, 0.3) is 0 Å². The highest BCUT2D eigenvalue weighted by molar-refractivity contribution is 7.92. The van der Waals surface area contributed by atoms with Gasteiger partial charge in [0.05, 0.1) is 27.7 Å². The summed E-state index contributed by atoms with van der Waals surface area (Å²) < 4.78 is 31.6. The third-order valence-corrected chi connectivity index (χ3v) is 6.34. The predicted molar refractivity (Wildman–Crippen MR) is 103 cm³/mol. The van der Waals surface area contributed by atoms with E-state index in [1.165, 1.54) is 0 Å². The number of para-hydroxylation sites is 2. The molecule has 0 radical (unpaired) electrons. The number of hydrogen-bond acceptors (Lipinski definition) is 5.